The van der Waals surface area contributed by atoms with E-state index >= 15 is 0 Å². The van der Waals surface area contributed by atoms with Crippen LogP contribution in [0.3, 0.4) is 0 Å². The standard InChI is InChI=1S/C19H16Cl2F3NO4/c1-29-18(28)15(9-12-13(20)3-2-4-14(12)21)25-17(27)16(26)10-5-7-11(8-6-10)19(22,23)24/h2-8,15-16,26H,9H2,1H3,(H,25,27)/t15-,16+/m1/s1. The zero-order chi connectivity index (χ0) is 21.8. The summed E-state index contributed by atoms with van der Waals surface area (Å²) >= 11 is 12.2. The second kappa shape index (κ2) is 9.47. The van der Waals surface area contributed by atoms with Gasteiger partial charge in [0.05, 0.1) is 12.7 Å². The summed E-state index contributed by atoms with van der Waals surface area (Å²) in [5, 5.41) is 13.0. The normalized spacial score (nSPS) is 13.5. The van der Waals surface area contributed by atoms with Crippen molar-refractivity contribution in [3.05, 3.63) is 69.2 Å². The van der Waals surface area contributed by atoms with E-state index in [1.165, 1.54) is 0 Å². The summed E-state index contributed by atoms with van der Waals surface area (Å²) in [5.74, 6) is -1.81. The Bertz CT molecular complexity index is 868. The van der Waals surface area contributed by atoms with Gasteiger partial charge in [0.1, 0.15) is 6.04 Å². The van der Waals surface area contributed by atoms with Crippen molar-refractivity contribution in [1.29, 1.82) is 0 Å². The Kier molecular flexibility index (Phi) is 7.51. The molecule has 2 N–H and O–H groups in total. The van der Waals surface area contributed by atoms with Crippen molar-refractivity contribution >= 4 is 35.1 Å². The third-order valence-electron chi connectivity index (χ3n) is 4.07. The number of hydrogen-bond acceptors (Lipinski definition) is 4. The first-order valence-electron chi connectivity index (χ1n) is 8.21. The molecule has 0 aromatic heterocycles. The van der Waals surface area contributed by atoms with Crippen LogP contribution in [0.4, 0.5) is 13.2 Å². The van der Waals surface area contributed by atoms with E-state index < -0.39 is 35.8 Å². The van der Waals surface area contributed by atoms with Gasteiger partial charge >= 0.3 is 12.1 Å². The van der Waals surface area contributed by atoms with Crippen molar-refractivity contribution in [2.45, 2.75) is 24.7 Å². The number of halogens is 5. The lowest BCUT2D eigenvalue weighted by Gasteiger charge is -2.20. The Morgan fingerprint density at radius 3 is 2.14 bits per heavy atom. The monoisotopic (exact) mass is 449 g/mol. The van der Waals surface area contributed by atoms with Crippen LogP contribution in [0.25, 0.3) is 0 Å². The van der Waals surface area contributed by atoms with Crippen LogP contribution in [0.5, 0.6) is 0 Å². The molecule has 2 aromatic rings. The summed E-state index contributed by atoms with van der Waals surface area (Å²) in [6, 6.07) is 6.92. The SMILES string of the molecule is COC(=O)[C@@H](Cc1c(Cl)cccc1Cl)NC(=O)[C@@H](O)c1ccc(C(F)(F)F)cc1. The Labute approximate surface area is 174 Å². The van der Waals surface area contributed by atoms with E-state index in [4.69, 9.17) is 23.2 Å². The molecule has 0 aliphatic rings. The van der Waals surface area contributed by atoms with Crippen molar-refractivity contribution in [3.63, 3.8) is 0 Å². The van der Waals surface area contributed by atoms with Crippen molar-refractivity contribution in [1.82, 2.24) is 5.32 Å². The largest absolute Gasteiger partial charge is 0.467 e. The number of carbonyl (C=O) groups excluding carboxylic acids is 2. The number of aliphatic hydroxyl groups is 1. The summed E-state index contributed by atoms with van der Waals surface area (Å²) in [4.78, 5) is 24.4. The molecule has 2 rings (SSSR count). The van der Waals surface area contributed by atoms with Crippen LogP contribution in [0, 0.1) is 0 Å². The fourth-order valence-electron chi connectivity index (χ4n) is 2.52. The van der Waals surface area contributed by atoms with Crippen LogP contribution in [0.1, 0.15) is 22.8 Å². The highest BCUT2D eigenvalue weighted by Gasteiger charge is 2.31. The van der Waals surface area contributed by atoms with E-state index in [9.17, 15) is 27.9 Å². The van der Waals surface area contributed by atoms with Gasteiger partial charge in [-0.15, -0.1) is 0 Å². The van der Waals surface area contributed by atoms with Crippen molar-refractivity contribution < 1.29 is 32.6 Å². The molecule has 10 heteroatoms. The van der Waals surface area contributed by atoms with Crippen LogP contribution in [0.2, 0.25) is 10.0 Å². The molecule has 1 amide bonds. The molecule has 0 radical (unpaired) electrons. The molecule has 2 aromatic carbocycles. The molecule has 156 valence electrons. The Balaban J connectivity index is 2.18. The van der Waals surface area contributed by atoms with Gasteiger partial charge in [-0.3, -0.25) is 4.79 Å². The first-order chi connectivity index (χ1) is 13.5. The number of methoxy groups -OCH3 is 1. The fraction of sp³-hybridized carbons (Fsp3) is 0.263. The van der Waals surface area contributed by atoms with Gasteiger partial charge in [-0.05, 0) is 35.4 Å². The molecule has 0 aliphatic heterocycles. The van der Waals surface area contributed by atoms with Crippen LogP contribution in [0.15, 0.2) is 42.5 Å². The maximum absolute atomic E-state index is 12.6. The predicted molar refractivity (Wildman–Crippen MR) is 101 cm³/mol. The zero-order valence-electron chi connectivity index (χ0n) is 15.0. The van der Waals surface area contributed by atoms with Gasteiger partial charge in [0, 0.05) is 16.5 Å². The van der Waals surface area contributed by atoms with Crippen LogP contribution < -0.4 is 5.32 Å². The van der Waals surface area contributed by atoms with Crippen LogP contribution in [-0.4, -0.2) is 30.1 Å². The topological polar surface area (TPSA) is 75.6 Å². The first-order valence-corrected chi connectivity index (χ1v) is 8.96. The number of amides is 1. The van der Waals surface area contributed by atoms with Crippen molar-refractivity contribution in [3.8, 4) is 0 Å². The Hall–Kier alpha value is -2.29. The maximum atomic E-state index is 12.6. The number of carbonyl (C=O) groups is 2. The minimum Gasteiger partial charge on any atom is -0.467 e. The number of nitrogens with one attached hydrogen (secondary N) is 1. The maximum Gasteiger partial charge on any atom is 0.416 e. The molecule has 0 aliphatic carbocycles. The number of benzene rings is 2. The minimum absolute atomic E-state index is 0.0742. The summed E-state index contributed by atoms with van der Waals surface area (Å²) in [5.41, 5.74) is -0.611. The summed E-state index contributed by atoms with van der Waals surface area (Å²) in [7, 11) is 1.11. The smallest absolute Gasteiger partial charge is 0.416 e. The van der Waals surface area contributed by atoms with Gasteiger partial charge in [-0.1, -0.05) is 41.4 Å². The molecule has 0 unspecified atom stereocenters. The van der Waals surface area contributed by atoms with Gasteiger partial charge in [0.2, 0.25) is 0 Å². The molecule has 0 fully saturated rings. The second-order valence-electron chi connectivity index (χ2n) is 6.01. The lowest BCUT2D eigenvalue weighted by atomic mass is 10.0. The zero-order valence-corrected chi connectivity index (χ0v) is 16.5. The molecule has 5 nitrogen and oxygen atoms in total. The number of rotatable bonds is 6. The predicted octanol–water partition coefficient (Wildman–Crippen LogP) is 3.95. The van der Waals surface area contributed by atoms with Crippen molar-refractivity contribution in [2.75, 3.05) is 7.11 Å². The highest BCUT2D eigenvalue weighted by Crippen LogP contribution is 2.30. The van der Waals surface area contributed by atoms with E-state index in [2.05, 4.69) is 10.1 Å². The molecule has 0 saturated heterocycles. The highest BCUT2D eigenvalue weighted by atomic mass is 35.5. The summed E-state index contributed by atoms with van der Waals surface area (Å²) in [6.45, 7) is 0. The molecule has 0 bridgehead atoms. The van der Waals surface area contributed by atoms with E-state index in [0.29, 0.717) is 5.56 Å². The lowest BCUT2D eigenvalue weighted by molar-refractivity contribution is -0.146. The van der Waals surface area contributed by atoms with Crippen molar-refractivity contribution in [2.24, 2.45) is 0 Å². The van der Waals surface area contributed by atoms with Gasteiger partial charge in [0.15, 0.2) is 6.10 Å². The third-order valence-corrected chi connectivity index (χ3v) is 4.78. The van der Waals surface area contributed by atoms with E-state index in [0.717, 1.165) is 31.4 Å². The number of aliphatic hydroxyl groups excluding tert-OH is 1. The Morgan fingerprint density at radius 2 is 1.66 bits per heavy atom. The second-order valence-corrected chi connectivity index (χ2v) is 6.83. The molecule has 0 spiro atoms. The van der Waals surface area contributed by atoms with Gasteiger partial charge in [-0.2, -0.15) is 13.2 Å². The molecule has 29 heavy (non-hydrogen) atoms. The molecule has 0 heterocycles. The molecular weight excluding hydrogens is 434 g/mol. The molecule has 0 saturated carbocycles. The van der Waals surface area contributed by atoms with E-state index in [1.807, 2.05) is 0 Å². The van der Waals surface area contributed by atoms with Gasteiger partial charge in [0.25, 0.3) is 5.91 Å². The first kappa shape index (κ1) is 23.0. The number of esters is 1. The van der Waals surface area contributed by atoms with Crippen LogP contribution >= 0.6 is 23.2 Å². The van der Waals surface area contributed by atoms with Gasteiger partial charge in [-0.25, -0.2) is 4.79 Å². The number of ether oxygens (including phenoxy) is 1. The third kappa shape index (κ3) is 5.85. The quantitative estimate of drug-likeness (QED) is 0.654. The average Bonchev–Trinajstić information content (AvgIpc) is 2.68. The van der Waals surface area contributed by atoms with Gasteiger partial charge < -0.3 is 15.2 Å². The Morgan fingerprint density at radius 1 is 1.10 bits per heavy atom. The molecule has 2 atom stereocenters. The highest BCUT2D eigenvalue weighted by molar-refractivity contribution is 6.36. The summed E-state index contributed by atoms with van der Waals surface area (Å²) < 4.78 is 42.6. The minimum atomic E-state index is -4.55. The number of hydrogen-bond donors (Lipinski definition) is 2. The lowest BCUT2D eigenvalue weighted by Crippen LogP contribution is -2.45. The van der Waals surface area contributed by atoms with E-state index in [-0.39, 0.29) is 22.0 Å². The van der Waals surface area contributed by atoms with Crippen LogP contribution in [-0.2, 0) is 26.9 Å². The van der Waals surface area contributed by atoms with E-state index in [1.54, 1.807) is 18.2 Å². The summed E-state index contributed by atoms with van der Waals surface area (Å²) in [6.07, 6.45) is -6.46. The number of alkyl halides is 3. The fourth-order valence-corrected chi connectivity index (χ4v) is 3.08. The molecular formula is C19H16Cl2F3NO4. The average molecular weight is 450 g/mol.